The van der Waals surface area contributed by atoms with Crippen LogP contribution in [0.25, 0.3) is 16.9 Å². The fraction of sp³-hybridized carbons (Fsp3) is 0.280. The van der Waals surface area contributed by atoms with Crippen LogP contribution in [0.1, 0.15) is 5.56 Å². The van der Waals surface area contributed by atoms with Crippen LogP contribution in [-0.4, -0.2) is 60.1 Å². The zero-order chi connectivity index (χ0) is 26.0. The van der Waals surface area contributed by atoms with Crippen LogP contribution in [0, 0.1) is 0 Å². The molecule has 12 heteroatoms. The van der Waals surface area contributed by atoms with Crippen molar-refractivity contribution in [3.63, 3.8) is 0 Å². The second kappa shape index (κ2) is 10.1. The Balaban J connectivity index is 1.39. The van der Waals surface area contributed by atoms with Gasteiger partial charge in [0.1, 0.15) is 0 Å². The van der Waals surface area contributed by atoms with Crippen molar-refractivity contribution in [2.75, 3.05) is 55.6 Å². The van der Waals surface area contributed by atoms with Crippen LogP contribution in [-0.2, 0) is 10.9 Å². The van der Waals surface area contributed by atoms with Gasteiger partial charge in [-0.2, -0.15) is 13.2 Å². The number of rotatable bonds is 6. The van der Waals surface area contributed by atoms with Gasteiger partial charge in [0.25, 0.3) is 6.33 Å². The van der Waals surface area contributed by atoms with E-state index in [1.54, 1.807) is 23.1 Å². The summed E-state index contributed by atoms with van der Waals surface area (Å²) in [5.41, 5.74) is 2.12. The largest absolute Gasteiger partial charge is 0.416 e. The summed E-state index contributed by atoms with van der Waals surface area (Å²) in [6.07, 6.45) is 0.587. The molecule has 1 fully saturated rings. The predicted octanol–water partition coefficient (Wildman–Crippen LogP) is 3.41. The number of hydrogen-bond donors (Lipinski definition) is 1. The second-order valence-corrected chi connectivity index (χ2v) is 8.72. The molecular formula is C25H26F3N8O+. The number of benzene rings is 2. The molecule has 0 amide bonds. The summed E-state index contributed by atoms with van der Waals surface area (Å²) >= 11 is 0. The van der Waals surface area contributed by atoms with Crippen molar-refractivity contribution in [1.82, 2.24) is 19.7 Å². The van der Waals surface area contributed by atoms with Crippen LogP contribution in [0.2, 0.25) is 0 Å². The molecule has 0 radical (unpaired) electrons. The maximum Gasteiger partial charge on any atom is 0.416 e. The molecule has 0 bridgehead atoms. The average Bonchev–Trinajstić information content (AvgIpc) is 3.40. The van der Waals surface area contributed by atoms with Gasteiger partial charge in [0, 0.05) is 50.3 Å². The Kier molecular flexibility index (Phi) is 6.66. The van der Waals surface area contributed by atoms with Gasteiger partial charge in [0.15, 0.2) is 5.69 Å². The van der Waals surface area contributed by atoms with E-state index in [9.17, 15) is 13.2 Å². The highest BCUT2D eigenvalue weighted by Gasteiger charge is 2.32. The van der Waals surface area contributed by atoms with Crippen LogP contribution >= 0.6 is 0 Å². The standard InChI is InChI=1S/C25H26F3N8O/c1-33(2)35-16-30-36(17-35)21-5-3-20(4-6-21)31-24-29-8-7-23(32-24)18-13-19(25(26,27)28)15-22(14-18)34-9-11-37-12-10-34/h3-8,13-17H,9-12H2,1-2H3,(H,29,31,32)/q+1. The van der Waals surface area contributed by atoms with Crippen molar-refractivity contribution < 1.29 is 22.6 Å². The van der Waals surface area contributed by atoms with Gasteiger partial charge in [-0.1, -0.05) is 4.68 Å². The van der Waals surface area contributed by atoms with E-state index in [-0.39, 0.29) is 5.95 Å². The summed E-state index contributed by atoms with van der Waals surface area (Å²) < 4.78 is 50.0. The van der Waals surface area contributed by atoms with Gasteiger partial charge in [0.05, 0.1) is 24.5 Å². The van der Waals surface area contributed by atoms with Crippen molar-refractivity contribution in [1.29, 1.82) is 0 Å². The van der Waals surface area contributed by atoms with E-state index in [1.807, 2.05) is 59.3 Å². The molecule has 9 nitrogen and oxygen atoms in total. The van der Waals surface area contributed by atoms with Gasteiger partial charge in [-0.3, -0.25) is 0 Å². The Morgan fingerprint density at radius 3 is 2.46 bits per heavy atom. The number of aromatic nitrogens is 5. The second-order valence-electron chi connectivity index (χ2n) is 8.72. The molecule has 2 aromatic heterocycles. The maximum atomic E-state index is 13.7. The zero-order valence-corrected chi connectivity index (χ0v) is 20.4. The van der Waals surface area contributed by atoms with Gasteiger partial charge >= 0.3 is 6.18 Å². The van der Waals surface area contributed by atoms with Crippen LogP contribution in [0.4, 0.5) is 30.5 Å². The highest BCUT2D eigenvalue weighted by Crippen LogP contribution is 2.36. The lowest BCUT2D eigenvalue weighted by molar-refractivity contribution is -0.657. The van der Waals surface area contributed by atoms with Gasteiger partial charge in [-0.15, -0.1) is 4.68 Å². The van der Waals surface area contributed by atoms with Crippen molar-refractivity contribution in [3.05, 3.63) is 72.9 Å². The summed E-state index contributed by atoms with van der Waals surface area (Å²) in [7, 11) is 3.83. The van der Waals surface area contributed by atoms with Crippen molar-refractivity contribution in [2.24, 2.45) is 0 Å². The van der Waals surface area contributed by atoms with E-state index in [2.05, 4.69) is 20.4 Å². The first-order valence-corrected chi connectivity index (χ1v) is 11.7. The number of hydrogen-bond acceptors (Lipinski definition) is 7. The van der Waals surface area contributed by atoms with Crippen molar-refractivity contribution in [2.45, 2.75) is 6.18 Å². The topological polar surface area (TPSA) is 75.2 Å². The number of ether oxygens (including phenoxy) is 1. The fourth-order valence-electron chi connectivity index (χ4n) is 3.95. The minimum absolute atomic E-state index is 0.278. The third-order valence-electron chi connectivity index (χ3n) is 5.94. The molecule has 1 saturated heterocycles. The predicted molar refractivity (Wildman–Crippen MR) is 133 cm³/mol. The Labute approximate surface area is 211 Å². The normalized spacial score (nSPS) is 14.0. The molecule has 0 atom stereocenters. The lowest BCUT2D eigenvalue weighted by Gasteiger charge is -2.29. The zero-order valence-electron chi connectivity index (χ0n) is 20.4. The van der Waals surface area contributed by atoms with E-state index in [1.165, 1.54) is 12.3 Å². The summed E-state index contributed by atoms with van der Waals surface area (Å²) in [4.78, 5) is 10.6. The van der Waals surface area contributed by atoms with Gasteiger partial charge < -0.3 is 15.0 Å². The Hall–Kier alpha value is -4.19. The van der Waals surface area contributed by atoms with E-state index >= 15 is 0 Å². The van der Waals surface area contributed by atoms with Crippen LogP contribution in [0.5, 0.6) is 0 Å². The molecule has 0 unspecified atom stereocenters. The first-order chi connectivity index (χ1) is 17.8. The summed E-state index contributed by atoms with van der Waals surface area (Å²) in [5.74, 6) is 0.278. The summed E-state index contributed by atoms with van der Waals surface area (Å²) in [6.45, 7) is 2.01. The quantitative estimate of drug-likeness (QED) is 0.398. The molecule has 37 heavy (non-hydrogen) atoms. The van der Waals surface area contributed by atoms with Gasteiger partial charge in [-0.25, -0.2) is 15.0 Å². The molecule has 4 aromatic rings. The molecule has 1 aliphatic heterocycles. The SMILES string of the molecule is CN(C)n1cn[n+](-c2ccc(Nc3nccc(-c4cc(N5CCOCC5)cc(C(F)(F)F)c4)n3)cc2)c1. The molecule has 2 aromatic carbocycles. The first kappa shape index (κ1) is 24.5. The number of nitrogens with zero attached hydrogens (tertiary/aromatic N) is 7. The van der Waals surface area contributed by atoms with E-state index in [0.717, 1.165) is 17.4 Å². The third-order valence-corrected chi connectivity index (χ3v) is 5.94. The molecule has 5 rings (SSSR count). The molecule has 0 saturated carbocycles. The number of alkyl halides is 3. The van der Waals surface area contributed by atoms with E-state index in [0.29, 0.717) is 43.2 Å². The summed E-state index contributed by atoms with van der Waals surface area (Å²) in [6, 6.07) is 13.1. The van der Waals surface area contributed by atoms with E-state index in [4.69, 9.17) is 4.74 Å². The van der Waals surface area contributed by atoms with Crippen LogP contribution < -0.4 is 19.9 Å². The lowest BCUT2D eigenvalue weighted by atomic mass is 10.0. The molecule has 0 aliphatic carbocycles. The highest BCUT2D eigenvalue weighted by atomic mass is 19.4. The molecule has 192 valence electrons. The average molecular weight is 512 g/mol. The molecule has 0 spiro atoms. The van der Waals surface area contributed by atoms with Gasteiger partial charge in [0.2, 0.25) is 12.3 Å². The number of nitrogens with one attached hydrogen (secondary N) is 1. The highest BCUT2D eigenvalue weighted by molar-refractivity contribution is 5.69. The minimum atomic E-state index is -4.48. The number of halogens is 3. The Bertz CT molecular complexity index is 1370. The third kappa shape index (κ3) is 5.64. The molecular weight excluding hydrogens is 485 g/mol. The fourth-order valence-corrected chi connectivity index (χ4v) is 3.95. The van der Waals surface area contributed by atoms with E-state index < -0.39 is 11.7 Å². The minimum Gasteiger partial charge on any atom is -0.378 e. The number of anilines is 3. The summed E-state index contributed by atoms with van der Waals surface area (Å²) in [5, 5.41) is 9.35. The molecule has 3 heterocycles. The first-order valence-electron chi connectivity index (χ1n) is 11.7. The van der Waals surface area contributed by atoms with Crippen LogP contribution in [0.15, 0.2) is 67.4 Å². The lowest BCUT2D eigenvalue weighted by Crippen LogP contribution is -2.36. The Morgan fingerprint density at radius 2 is 1.78 bits per heavy atom. The smallest absolute Gasteiger partial charge is 0.378 e. The van der Waals surface area contributed by atoms with Gasteiger partial charge in [-0.05, 0) is 53.6 Å². The maximum absolute atomic E-state index is 13.7. The van der Waals surface area contributed by atoms with Crippen molar-refractivity contribution in [3.8, 4) is 16.9 Å². The van der Waals surface area contributed by atoms with Crippen LogP contribution in [0.3, 0.4) is 0 Å². The van der Waals surface area contributed by atoms with Crippen molar-refractivity contribution >= 4 is 17.3 Å². The Morgan fingerprint density at radius 1 is 1.03 bits per heavy atom. The molecule has 1 aliphatic rings. The molecule has 1 N–H and O–H groups in total. The number of morpholine rings is 1. The monoisotopic (exact) mass is 511 g/mol.